The van der Waals surface area contributed by atoms with E-state index in [1.807, 2.05) is 0 Å². The SMILES string of the molecule is O=[N+]([O-])c1ccc(OCCCCCCCCCS)cc1F. The molecule has 0 aliphatic carbocycles. The number of hydrogen-bond donors (Lipinski definition) is 1. The van der Waals surface area contributed by atoms with Gasteiger partial charge in [0.2, 0.25) is 5.82 Å². The molecule has 0 N–H and O–H groups in total. The number of nitro groups is 1. The van der Waals surface area contributed by atoms with Crippen molar-refractivity contribution in [1.29, 1.82) is 0 Å². The summed E-state index contributed by atoms with van der Waals surface area (Å²) in [6.07, 6.45) is 8.04. The molecular weight excluding hydrogens is 293 g/mol. The molecule has 118 valence electrons. The molecule has 0 fully saturated rings. The van der Waals surface area contributed by atoms with Crippen LogP contribution >= 0.6 is 12.6 Å². The van der Waals surface area contributed by atoms with Gasteiger partial charge >= 0.3 is 5.69 Å². The second-order valence-electron chi connectivity index (χ2n) is 4.92. The molecule has 0 aliphatic heterocycles. The van der Waals surface area contributed by atoms with Crippen LogP contribution in [-0.4, -0.2) is 17.3 Å². The Bertz CT molecular complexity index is 443. The van der Waals surface area contributed by atoms with Gasteiger partial charge in [-0.1, -0.05) is 32.1 Å². The first-order valence-corrected chi connectivity index (χ1v) is 7.96. The van der Waals surface area contributed by atoms with Gasteiger partial charge in [0.25, 0.3) is 0 Å². The summed E-state index contributed by atoms with van der Waals surface area (Å²) in [5.74, 6) is 0.438. The van der Waals surface area contributed by atoms with Crippen molar-refractivity contribution >= 4 is 18.3 Å². The molecule has 0 atom stereocenters. The fourth-order valence-electron chi connectivity index (χ4n) is 2.01. The second-order valence-corrected chi connectivity index (χ2v) is 5.36. The van der Waals surface area contributed by atoms with Gasteiger partial charge < -0.3 is 4.74 Å². The summed E-state index contributed by atoms with van der Waals surface area (Å²) in [5.41, 5.74) is -0.524. The lowest BCUT2D eigenvalue weighted by Crippen LogP contribution is -1.99. The first kappa shape index (κ1) is 17.8. The monoisotopic (exact) mass is 315 g/mol. The third-order valence-electron chi connectivity index (χ3n) is 3.19. The summed E-state index contributed by atoms with van der Waals surface area (Å²) in [5, 5.41) is 10.5. The van der Waals surface area contributed by atoms with Crippen LogP contribution < -0.4 is 4.74 Å². The molecule has 0 heterocycles. The maximum Gasteiger partial charge on any atom is 0.305 e. The molecule has 0 saturated heterocycles. The smallest absolute Gasteiger partial charge is 0.305 e. The van der Waals surface area contributed by atoms with Gasteiger partial charge in [0.05, 0.1) is 11.5 Å². The van der Waals surface area contributed by atoms with Crippen LogP contribution in [0.1, 0.15) is 44.9 Å². The lowest BCUT2D eigenvalue weighted by atomic mass is 10.1. The van der Waals surface area contributed by atoms with Crippen molar-refractivity contribution in [3.63, 3.8) is 0 Å². The highest BCUT2D eigenvalue weighted by Gasteiger charge is 2.13. The van der Waals surface area contributed by atoms with E-state index in [0.717, 1.165) is 30.7 Å². The van der Waals surface area contributed by atoms with Crippen molar-refractivity contribution < 1.29 is 14.1 Å². The number of hydrogen-bond acceptors (Lipinski definition) is 4. The molecule has 6 heteroatoms. The number of nitrogens with zero attached hydrogens (tertiary/aromatic N) is 1. The number of ether oxygens (including phenoxy) is 1. The van der Waals surface area contributed by atoms with Crippen LogP contribution in [-0.2, 0) is 0 Å². The van der Waals surface area contributed by atoms with E-state index in [-0.39, 0.29) is 0 Å². The maximum atomic E-state index is 13.4. The average molecular weight is 315 g/mol. The Balaban J connectivity index is 2.13. The number of unbranched alkanes of at least 4 members (excludes halogenated alkanes) is 6. The molecule has 1 aromatic rings. The standard InChI is InChI=1S/C15H22FNO3S/c16-14-12-13(8-9-15(14)17(18)19)20-10-6-4-2-1-3-5-7-11-21/h8-9,12,21H,1-7,10-11H2. The zero-order valence-corrected chi connectivity index (χ0v) is 13.0. The Kier molecular flexibility index (Phi) is 8.82. The summed E-state index contributed by atoms with van der Waals surface area (Å²) in [7, 11) is 0. The van der Waals surface area contributed by atoms with Gasteiger partial charge in [-0.3, -0.25) is 10.1 Å². The van der Waals surface area contributed by atoms with E-state index in [0.29, 0.717) is 12.4 Å². The number of nitro benzene ring substituents is 1. The van der Waals surface area contributed by atoms with Crippen molar-refractivity contribution in [2.45, 2.75) is 44.9 Å². The average Bonchev–Trinajstić information content (AvgIpc) is 2.45. The third-order valence-corrected chi connectivity index (χ3v) is 3.50. The normalized spacial score (nSPS) is 10.6. The zero-order chi connectivity index (χ0) is 15.5. The predicted molar refractivity (Wildman–Crippen MR) is 84.7 cm³/mol. The van der Waals surface area contributed by atoms with Crippen LogP contribution in [0.25, 0.3) is 0 Å². The molecule has 0 amide bonds. The van der Waals surface area contributed by atoms with E-state index in [1.165, 1.54) is 38.2 Å². The van der Waals surface area contributed by atoms with Gasteiger partial charge in [0.1, 0.15) is 5.75 Å². The topological polar surface area (TPSA) is 52.4 Å². The highest BCUT2D eigenvalue weighted by molar-refractivity contribution is 7.80. The quantitative estimate of drug-likeness (QED) is 0.277. The number of halogens is 1. The molecule has 21 heavy (non-hydrogen) atoms. The first-order chi connectivity index (χ1) is 10.1. The molecule has 0 aliphatic rings. The molecule has 0 spiro atoms. The van der Waals surface area contributed by atoms with Crippen molar-refractivity contribution in [3.8, 4) is 5.75 Å². The van der Waals surface area contributed by atoms with Crippen LogP contribution in [0.15, 0.2) is 18.2 Å². The third kappa shape index (κ3) is 7.32. The van der Waals surface area contributed by atoms with E-state index in [9.17, 15) is 14.5 Å². The van der Waals surface area contributed by atoms with Crippen molar-refractivity contribution in [3.05, 3.63) is 34.1 Å². The lowest BCUT2D eigenvalue weighted by Gasteiger charge is -2.06. The minimum absolute atomic E-state index is 0.340. The summed E-state index contributed by atoms with van der Waals surface area (Å²) < 4.78 is 18.7. The van der Waals surface area contributed by atoms with Crippen LogP contribution in [0.4, 0.5) is 10.1 Å². The highest BCUT2D eigenvalue weighted by Crippen LogP contribution is 2.22. The minimum atomic E-state index is -0.860. The molecule has 1 aromatic carbocycles. The molecule has 4 nitrogen and oxygen atoms in total. The van der Waals surface area contributed by atoms with Crippen molar-refractivity contribution in [1.82, 2.24) is 0 Å². The van der Waals surface area contributed by atoms with Crippen LogP contribution in [0.5, 0.6) is 5.75 Å². The Hall–Kier alpha value is -1.30. The summed E-state index contributed by atoms with van der Waals surface area (Å²) in [6.45, 7) is 0.508. The Labute approximate surface area is 130 Å². The molecule has 0 saturated carbocycles. The van der Waals surface area contributed by atoms with Crippen LogP contribution in [0.3, 0.4) is 0 Å². The van der Waals surface area contributed by atoms with E-state index in [2.05, 4.69) is 12.6 Å². The Morgan fingerprint density at radius 2 is 1.71 bits per heavy atom. The van der Waals surface area contributed by atoms with E-state index in [4.69, 9.17) is 4.74 Å². The van der Waals surface area contributed by atoms with Crippen LogP contribution in [0, 0.1) is 15.9 Å². The zero-order valence-electron chi connectivity index (χ0n) is 12.1. The van der Waals surface area contributed by atoms with Crippen molar-refractivity contribution in [2.24, 2.45) is 0 Å². The highest BCUT2D eigenvalue weighted by atomic mass is 32.1. The van der Waals surface area contributed by atoms with Gasteiger partial charge in [-0.05, 0) is 24.7 Å². The second kappa shape index (κ2) is 10.4. The molecular formula is C15H22FNO3S. The first-order valence-electron chi connectivity index (χ1n) is 7.32. The van der Waals surface area contributed by atoms with Gasteiger partial charge in [0, 0.05) is 12.1 Å². The van der Waals surface area contributed by atoms with E-state index < -0.39 is 16.4 Å². The largest absolute Gasteiger partial charge is 0.493 e. The molecule has 0 aromatic heterocycles. The van der Waals surface area contributed by atoms with Gasteiger partial charge in [-0.2, -0.15) is 17.0 Å². The number of thiol groups is 1. The minimum Gasteiger partial charge on any atom is -0.493 e. The predicted octanol–water partition coefficient (Wildman–Crippen LogP) is 4.77. The summed E-state index contributed by atoms with van der Waals surface area (Å²) in [4.78, 5) is 9.74. The van der Waals surface area contributed by atoms with Gasteiger partial charge in [-0.15, -0.1) is 0 Å². The maximum absolute atomic E-state index is 13.4. The molecule has 0 unspecified atom stereocenters. The van der Waals surface area contributed by atoms with E-state index in [1.54, 1.807) is 0 Å². The van der Waals surface area contributed by atoms with Gasteiger partial charge in [0.15, 0.2) is 0 Å². The lowest BCUT2D eigenvalue weighted by molar-refractivity contribution is -0.387. The van der Waals surface area contributed by atoms with Crippen molar-refractivity contribution in [2.75, 3.05) is 12.4 Å². The van der Waals surface area contributed by atoms with Gasteiger partial charge in [-0.25, -0.2) is 0 Å². The summed E-state index contributed by atoms with van der Waals surface area (Å²) >= 11 is 4.17. The molecule has 0 radical (unpaired) electrons. The number of benzene rings is 1. The fourth-order valence-corrected chi connectivity index (χ4v) is 2.24. The fraction of sp³-hybridized carbons (Fsp3) is 0.600. The Morgan fingerprint density at radius 1 is 1.10 bits per heavy atom. The summed E-state index contributed by atoms with van der Waals surface area (Å²) in [6, 6.07) is 3.63. The molecule has 1 rings (SSSR count). The molecule has 0 bridgehead atoms. The van der Waals surface area contributed by atoms with E-state index >= 15 is 0 Å². The van der Waals surface area contributed by atoms with Crippen LogP contribution in [0.2, 0.25) is 0 Å². The Morgan fingerprint density at radius 3 is 2.29 bits per heavy atom. The number of rotatable bonds is 11.